The Morgan fingerprint density at radius 3 is 2.97 bits per heavy atom. The topological polar surface area (TPSA) is 135 Å². The highest BCUT2D eigenvalue weighted by atomic mass is 19.1. The van der Waals surface area contributed by atoms with Crippen molar-refractivity contribution in [1.29, 1.82) is 5.26 Å². The summed E-state index contributed by atoms with van der Waals surface area (Å²) in [5.41, 5.74) is 8.49. The maximum atomic E-state index is 15.3. The number of nitrogens with one attached hydrogen (secondary N) is 2. The fourth-order valence-electron chi connectivity index (χ4n) is 4.41. The van der Waals surface area contributed by atoms with E-state index in [4.69, 9.17) is 20.5 Å². The molecule has 0 bridgehead atoms. The highest BCUT2D eigenvalue weighted by Gasteiger charge is 2.32. The quantitative estimate of drug-likeness (QED) is 0.487. The molecular weight excluding hydrogens is 439 g/mol. The van der Waals surface area contributed by atoms with Crippen LogP contribution in [0.25, 0.3) is 21.9 Å². The van der Waals surface area contributed by atoms with Crippen molar-refractivity contribution >= 4 is 34.1 Å². The van der Waals surface area contributed by atoms with Gasteiger partial charge < -0.3 is 20.5 Å². The number of rotatable bonds is 4. The van der Waals surface area contributed by atoms with Crippen LogP contribution < -0.4 is 21.1 Å². The first-order valence-corrected chi connectivity index (χ1v) is 11.0. The van der Waals surface area contributed by atoms with Gasteiger partial charge in [0.1, 0.15) is 24.2 Å². The standard InChI is InChI=1S/C24H23FN6O3/c1-12-17(10-30-23-22(12)28-4-5-33-23)16-8-14-9-19(29-11-18(14)21(27)20(16)25)31-24(32)34-15-6-13(7-15)2-3-26/h8-11,13,15,28H,2,4-7,27H2,1H3,(H,29,31,32)/t13-,15+. The molecule has 0 radical (unpaired) electrons. The number of fused-ring (bicyclic) bond motifs is 2. The molecule has 1 aliphatic heterocycles. The van der Waals surface area contributed by atoms with Crippen molar-refractivity contribution in [1.82, 2.24) is 9.97 Å². The summed E-state index contributed by atoms with van der Waals surface area (Å²) in [6.07, 6.45) is 4.00. The molecular formula is C24H23FN6O3. The summed E-state index contributed by atoms with van der Waals surface area (Å²) in [5.74, 6) is 0.466. The molecule has 1 aromatic carbocycles. The van der Waals surface area contributed by atoms with Crippen molar-refractivity contribution in [3.8, 4) is 23.1 Å². The highest BCUT2D eigenvalue weighted by molar-refractivity contribution is 5.99. The normalized spacial score (nSPS) is 18.6. The Morgan fingerprint density at radius 1 is 1.35 bits per heavy atom. The van der Waals surface area contributed by atoms with Crippen LogP contribution in [0, 0.1) is 30.0 Å². The van der Waals surface area contributed by atoms with Crippen molar-refractivity contribution in [2.45, 2.75) is 32.3 Å². The number of hydrogen-bond acceptors (Lipinski definition) is 8. The Bertz CT molecular complexity index is 1330. The summed E-state index contributed by atoms with van der Waals surface area (Å²) in [4.78, 5) is 20.8. The van der Waals surface area contributed by atoms with Crippen LogP contribution >= 0.6 is 0 Å². The number of benzene rings is 1. The van der Waals surface area contributed by atoms with Gasteiger partial charge in [0, 0.05) is 41.9 Å². The van der Waals surface area contributed by atoms with Gasteiger partial charge in [0.25, 0.3) is 0 Å². The van der Waals surface area contributed by atoms with Crippen LogP contribution in [0.15, 0.2) is 24.5 Å². The van der Waals surface area contributed by atoms with Crippen molar-refractivity contribution in [2.24, 2.45) is 5.92 Å². The molecule has 4 N–H and O–H groups in total. The molecule has 2 aliphatic rings. The van der Waals surface area contributed by atoms with Gasteiger partial charge >= 0.3 is 6.09 Å². The number of nitrogens with two attached hydrogens (primary N) is 1. The number of aromatic nitrogens is 2. The van der Waals surface area contributed by atoms with E-state index < -0.39 is 11.9 Å². The third-order valence-electron chi connectivity index (χ3n) is 6.31. The van der Waals surface area contributed by atoms with E-state index in [0.29, 0.717) is 60.2 Å². The fourth-order valence-corrected chi connectivity index (χ4v) is 4.41. The molecule has 10 heteroatoms. The third kappa shape index (κ3) is 3.90. The molecule has 0 saturated heterocycles. The van der Waals surface area contributed by atoms with Gasteiger partial charge in [-0.3, -0.25) is 5.32 Å². The molecule has 0 spiro atoms. The van der Waals surface area contributed by atoms with E-state index in [2.05, 4.69) is 26.7 Å². The molecule has 2 aromatic heterocycles. The smallest absolute Gasteiger partial charge is 0.413 e. The predicted octanol–water partition coefficient (Wildman–Crippen LogP) is 4.37. The first-order chi connectivity index (χ1) is 16.4. The van der Waals surface area contributed by atoms with E-state index in [9.17, 15) is 4.79 Å². The second kappa shape index (κ2) is 8.67. The summed E-state index contributed by atoms with van der Waals surface area (Å²) in [6.45, 7) is 3.02. The first kappa shape index (κ1) is 21.7. The molecule has 3 heterocycles. The predicted molar refractivity (Wildman–Crippen MR) is 125 cm³/mol. The summed E-state index contributed by atoms with van der Waals surface area (Å²) < 4.78 is 26.2. The number of anilines is 3. The molecule has 1 saturated carbocycles. The minimum absolute atomic E-state index is 0.0338. The van der Waals surface area contributed by atoms with Crippen molar-refractivity contribution in [3.05, 3.63) is 35.9 Å². The Balaban J connectivity index is 1.42. The van der Waals surface area contributed by atoms with Crippen LogP contribution in [0.3, 0.4) is 0 Å². The Kier molecular flexibility index (Phi) is 5.53. The number of amides is 1. The second-order valence-electron chi connectivity index (χ2n) is 8.55. The zero-order chi connectivity index (χ0) is 23.8. The van der Waals surface area contributed by atoms with Crippen molar-refractivity contribution in [2.75, 3.05) is 29.5 Å². The average molecular weight is 462 g/mol. The van der Waals surface area contributed by atoms with Gasteiger partial charge in [0.15, 0.2) is 5.82 Å². The average Bonchev–Trinajstić information content (AvgIpc) is 2.81. The molecule has 3 aromatic rings. The number of nitrogen functional groups attached to an aromatic ring is 1. The zero-order valence-corrected chi connectivity index (χ0v) is 18.5. The van der Waals surface area contributed by atoms with Crippen LogP contribution in [0.4, 0.5) is 26.4 Å². The number of pyridine rings is 2. The fraction of sp³-hybridized carbons (Fsp3) is 0.333. The number of nitriles is 1. The number of ether oxygens (including phenoxy) is 2. The molecule has 1 amide bonds. The van der Waals surface area contributed by atoms with Gasteiger partial charge in [-0.25, -0.2) is 19.2 Å². The molecule has 1 fully saturated rings. The van der Waals surface area contributed by atoms with Crippen LogP contribution in [0.1, 0.15) is 24.8 Å². The van der Waals surface area contributed by atoms with Crippen LogP contribution in [0.2, 0.25) is 0 Å². The largest absolute Gasteiger partial charge is 0.474 e. The maximum Gasteiger partial charge on any atom is 0.413 e. The SMILES string of the molecule is Cc1c(-c2cc3cc(NC(=O)O[C@H]4C[C@@H](CC#N)C4)ncc3c(N)c2F)cnc2c1NCCO2. The van der Waals surface area contributed by atoms with E-state index in [-0.39, 0.29) is 23.5 Å². The van der Waals surface area contributed by atoms with Gasteiger partial charge in [0.2, 0.25) is 5.88 Å². The van der Waals surface area contributed by atoms with Crippen LogP contribution in [-0.4, -0.2) is 35.3 Å². The lowest BCUT2D eigenvalue weighted by molar-refractivity contribution is 0.0264. The van der Waals surface area contributed by atoms with Crippen LogP contribution in [-0.2, 0) is 4.74 Å². The molecule has 9 nitrogen and oxygen atoms in total. The van der Waals surface area contributed by atoms with Crippen molar-refractivity contribution < 1.29 is 18.7 Å². The number of halogens is 1. The van der Waals surface area contributed by atoms with E-state index in [1.54, 1.807) is 18.3 Å². The summed E-state index contributed by atoms with van der Waals surface area (Å²) in [6, 6.07) is 5.41. The minimum atomic E-state index is -0.622. The van der Waals surface area contributed by atoms with E-state index >= 15 is 4.39 Å². The highest BCUT2D eigenvalue weighted by Crippen LogP contribution is 2.39. The van der Waals surface area contributed by atoms with Gasteiger partial charge in [0.05, 0.1) is 11.8 Å². The number of carbonyl (C=O) groups excluding carboxylic acids is 1. The summed E-state index contributed by atoms with van der Waals surface area (Å²) >= 11 is 0. The van der Waals surface area contributed by atoms with Crippen molar-refractivity contribution in [3.63, 3.8) is 0 Å². The van der Waals surface area contributed by atoms with Crippen LogP contribution in [0.5, 0.6) is 5.88 Å². The number of nitrogens with zero attached hydrogens (tertiary/aromatic N) is 3. The monoisotopic (exact) mass is 462 g/mol. The molecule has 5 rings (SSSR count). The molecule has 174 valence electrons. The summed E-state index contributed by atoms with van der Waals surface area (Å²) in [7, 11) is 0. The lowest BCUT2D eigenvalue weighted by Gasteiger charge is -2.32. The Morgan fingerprint density at radius 2 is 2.18 bits per heavy atom. The van der Waals surface area contributed by atoms with E-state index in [0.717, 1.165) is 11.3 Å². The maximum absolute atomic E-state index is 15.3. The first-order valence-electron chi connectivity index (χ1n) is 11.0. The summed E-state index contributed by atoms with van der Waals surface area (Å²) in [5, 5.41) is 15.6. The lowest BCUT2D eigenvalue weighted by Crippen LogP contribution is -2.34. The van der Waals surface area contributed by atoms with Gasteiger partial charge in [-0.15, -0.1) is 0 Å². The molecule has 34 heavy (non-hydrogen) atoms. The molecule has 0 atom stereocenters. The molecule has 0 unspecified atom stereocenters. The number of hydrogen-bond donors (Lipinski definition) is 3. The van der Waals surface area contributed by atoms with Gasteiger partial charge in [-0.2, -0.15) is 5.26 Å². The van der Waals surface area contributed by atoms with E-state index in [1.165, 1.54) is 6.20 Å². The second-order valence-corrected chi connectivity index (χ2v) is 8.55. The molecule has 1 aliphatic carbocycles. The third-order valence-corrected chi connectivity index (χ3v) is 6.31. The van der Waals surface area contributed by atoms with Gasteiger partial charge in [-0.05, 0) is 48.8 Å². The number of carbonyl (C=O) groups is 1. The Labute approximate surface area is 195 Å². The Hall–Kier alpha value is -4.13. The van der Waals surface area contributed by atoms with E-state index in [1.807, 2.05) is 6.92 Å². The zero-order valence-electron chi connectivity index (χ0n) is 18.5. The van der Waals surface area contributed by atoms with Gasteiger partial charge in [-0.1, -0.05) is 0 Å². The lowest BCUT2D eigenvalue weighted by atomic mass is 9.80. The minimum Gasteiger partial charge on any atom is -0.474 e.